The van der Waals surface area contributed by atoms with Crippen LogP contribution in [0.1, 0.15) is 28.7 Å². The first-order chi connectivity index (χ1) is 14.2. The van der Waals surface area contributed by atoms with E-state index >= 15 is 0 Å². The number of carbonyl (C=O) groups is 1. The Morgan fingerprint density at radius 2 is 1.93 bits per heavy atom. The molecule has 0 radical (unpaired) electrons. The smallest absolute Gasteiger partial charge is 0.435 e. The van der Waals surface area contributed by atoms with Crippen LogP contribution in [0.2, 0.25) is 0 Å². The van der Waals surface area contributed by atoms with Crippen molar-refractivity contribution in [3.8, 4) is 11.4 Å². The summed E-state index contributed by atoms with van der Waals surface area (Å²) in [5.74, 6) is -1.14. The highest BCUT2D eigenvalue weighted by Gasteiger charge is 2.42. The molecule has 2 aromatic carbocycles. The molecule has 0 aliphatic rings. The molecule has 30 heavy (non-hydrogen) atoms. The minimum Gasteiger partial charge on any atom is -0.497 e. The van der Waals surface area contributed by atoms with E-state index in [1.165, 1.54) is 19.2 Å². The number of methoxy groups -OCH3 is 1. The highest BCUT2D eigenvalue weighted by atomic mass is 19.4. The van der Waals surface area contributed by atoms with Crippen LogP contribution in [0.4, 0.5) is 17.6 Å². The van der Waals surface area contributed by atoms with E-state index < -0.39 is 35.3 Å². The molecule has 10 heteroatoms. The van der Waals surface area contributed by atoms with Crippen LogP contribution >= 0.6 is 0 Å². The van der Waals surface area contributed by atoms with Crippen molar-refractivity contribution in [2.24, 2.45) is 0 Å². The van der Waals surface area contributed by atoms with Crippen LogP contribution in [-0.4, -0.2) is 34.1 Å². The highest BCUT2D eigenvalue weighted by Crippen LogP contribution is 2.32. The minimum atomic E-state index is -4.93. The van der Waals surface area contributed by atoms with Crippen LogP contribution in [0.3, 0.4) is 0 Å². The molecule has 0 spiro atoms. The molecule has 1 amide bonds. The number of amides is 1. The molecule has 1 heterocycles. The number of hydrogen-bond donors (Lipinski definition) is 1. The Bertz CT molecular complexity index is 1050. The molecule has 0 aliphatic carbocycles. The second-order valence-corrected chi connectivity index (χ2v) is 6.61. The number of nitrogens with one attached hydrogen (secondary N) is 1. The lowest BCUT2D eigenvalue weighted by Crippen LogP contribution is -2.35. The summed E-state index contributed by atoms with van der Waals surface area (Å²) < 4.78 is 60.0. The molecule has 0 saturated heterocycles. The number of rotatable bonds is 6. The molecule has 0 saturated carbocycles. The summed E-state index contributed by atoms with van der Waals surface area (Å²) in [6.07, 6.45) is -4.57. The second kappa shape index (κ2) is 8.52. The first-order valence-electron chi connectivity index (χ1n) is 8.91. The summed E-state index contributed by atoms with van der Waals surface area (Å²) in [4.78, 5) is 12.5. The van der Waals surface area contributed by atoms with Gasteiger partial charge in [-0.1, -0.05) is 23.4 Å². The van der Waals surface area contributed by atoms with E-state index in [9.17, 15) is 22.4 Å². The Morgan fingerprint density at radius 1 is 1.20 bits per heavy atom. The van der Waals surface area contributed by atoms with E-state index in [-0.39, 0.29) is 5.69 Å². The number of benzene rings is 2. The number of nitrogens with zero attached hydrogens (tertiary/aromatic N) is 3. The van der Waals surface area contributed by atoms with Gasteiger partial charge in [-0.25, -0.2) is 9.07 Å². The summed E-state index contributed by atoms with van der Waals surface area (Å²) in [6.45, 7) is 1.65. The van der Waals surface area contributed by atoms with Gasteiger partial charge in [-0.3, -0.25) is 4.79 Å². The Labute approximate surface area is 169 Å². The third kappa shape index (κ3) is 4.76. The fourth-order valence-corrected chi connectivity index (χ4v) is 2.97. The molecule has 3 rings (SSSR count). The van der Waals surface area contributed by atoms with E-state index in [1.54, 1.807) is 25.1 Å². The zero-order valence-corrected chi connectivity index (χ0v) is 16.1. The third-order valence-electron chi connectivity index (χ3n) is 4.26. The van der Waals surface area contributed by atoms with Gasteiger partial charge in [0.15, 0.2) is 11.4 Å². The first-order valence-corrected chi connectivity index (χ1v) is 8.91. The fourth-order valence-electron chi connectivity index (χ4n) is 2.97. The maximum absolute atomic E-state index is 13.7. The van der Waals surface area contributed by atoms with E-state index in [1.807, 2.05) is 6.07 Å². The predicted molar refractivity (Wildman–Crippen MR) is 99.9 cm³/mol. The largest absolute Gasteiger partial charge is 0.497 e. The molecular weight excluding hydrogens is 404 g/mol. The van der Waals surface area contributed by atoms with Gasteiger partial charge in [0, 0.05) is 6.04 Å². The Morgan fingerprint density at radius 3 is 2.60 bits per heavy atom. The first kappa shape index (κ1) is 21.3. The van der Waals surface area contributed by atoms with Gasteiger partial charge >= 0.3 is 6.18 Å². The van der Waals surface area contributed by atoms with Gasteiger partial charge in [0.05, 0.1) is 12.8 Å². The Balaban J connectivity index is 1.85. The lowest BCUT2D eigenvalue weighted by molar-refractivity contribution is -0.143. The number of carbonyl (C=O) groups excluding carboxylic acids is 1. The van der Waals surface area contributed by atoms with Crippen molar-refractivity contribution in [1.29, 1.82) is 0 Å². The monoisotopic (exact) mass is 422 g/mol. The molecule has 1 N–H and O–H groups in total. The normalized spacial score (nSPS) is 12.5. The quantitative estimate of drug-likeness (QED) is 0.614. The molecule has 0 aliphatic heterocycles. The minimum absolute atomic E-state index is 0.196. The number of halogens is 4. The molecule has 158 valence electrons. The molecule has 6 nitrogen and oxygen atoms in total. The summed E-state index contributed by atoms with van der Waals surface area (Å²) in [5, 5.41) is 9.35. The van der Waals surface area contributed by atoms with Gasteiger partial charge in [0.1, 0.15) is 11.6 Å². The van der Waals surface area contributed by atoms with E-state index in [2.05, 4.69) is 15.6 Å². The maximum Gasteiger partial charge on any atom is 0.435 e. The van der Waals surface area contributed by atoms with Crippen molar-refractivity contribution in [3.05, 3.63) is 71.3 Å². The lowest BCUT2D eigenvalue weighted by Gasteiger charge is -2.15. The summed E-state index contributed by atoms with van der Waals surface area (Å²) in [7, 11) is 1.52. The van der Waals surface area contributed by atoms with Crippen molar-refractivity contribution in [1.82, 2.24) is 20.3 Å². The van der Waals surface area contributed by atoms with Crippen LogP contribution < -0.4 is 10.1 Å². The van der Waals surface area contributed by atoms with E-state index in [4.69, 9.17) is 4.74 Å². The number of ether oxygens (including phenoxy) is 1. The van der Waals surface area contributed by atoms with Crippen LogP contribution in [0.5, 0.6) is 5.75 Å². The van der Waals surface area contributed by atoms with Crippen molar-refractivity contribution in [2.45, 2.75) is 25.6 Å². The predicted octanol–water partition coefficient (Wildman–Crippen LogP) is 3.79. The summed E-state index contributed by atoms with van der Waals surface area (Å²) >= 11 is 0. The molecule has 1 atom stereocenters. The molecule has 1 unspecified atom stereocenters. The van der Waals surface area contributed by atoms with Crippen molar-refractivity contribution in [2.75, 3.05) is 7.11 Å². The fraction of sp³-hybridized carbons (Fsp3) is 0.250. The van der Waals surface area contributed by atoms with Crippen molar-refractivity contribution < 1.29 is 27.1 Å². The summed E-state index contributed by atoms with van der Waals surface area (Å²) in [6, 6.07) is 11.0. The number of alkyl halides is 3. The van der Waals surface area contributed by atoms with Crippen LogP contribution in [0.15, 0.2) is 48.5 Å². The summed E-state index contributed by atoms with van der Waals surface area (Å²) in [5.41, 5.74) is -1.62. The molecule has 3 aromatic rings. The topological polar surface area (TPSA) is 69.0 Å². The number of hydrogen-bond acceptors (Lipinski definition) is 4. The second-order valence-electron chi connectivity index (χ2n) is 6.61. The zero-order chi connectivity index (χ0) is 21.9. The third-order valence-corrected chi connectivity index (χ3v) is 4.26. The Hall–Kier alpha value is -3.43. The SMILES string of the molecule is COc1cccc(CC(C)NC(=O)c2nnn(-c3cccc(F)c3)c2C(F)(F)F)c1. The number of aromatic nitrogens is 3. The van der Waals surface area contributed by atoms with Gasteiger partial charge < -0.3 is 10.1 Å². The standard InChI is InChI=1S/C20H18F4N4O2/c1-12(9-13-5-3-8-16(10-13)30-2)25-19(29)17-18(20(22,23)24)28(27-26-17)15-7-4-6-14(21)11-15/h3-8,10-12H,9H2,1-2H3,(H,25,29). The molecule has 0 fully saturated rings. The maximum atomic E-state index is 13.7. The average molecular weight is 422 g/mol. The average Bonchev–Trinajstić information content (AvgIpc) is 3.14. The molecule has 0 bridgehead atoms. The van der Waals surface area contributed by atoms with Crippen LogP contribution in [0.25, 0.3) is 5.69 Å². The van der Waals surface area contributed by atoms with Crippen LogP contribution in [0, 0.1) is 5.82 Å². The Kier molecular flexibility index (Phi) is 6.04. The molecular formula is C20H18F4N4O2. The van der Waals surface area contributed by atoms with Crippen LogP contribution in [-0.2, 0) is 12.6 Å². The van der Waals surface area contributed by atoms with E-state index in [0.717, 1.165) is 17.7 Å². The highest BCUT2D eigenvalue weighted by molar-refractivity contribution is 5.93. The lowest BCUT2D eigenvalue weighted by atomic mass is 10.1. The van der Waals surface area contributed by atoms with Gasteiger partial charge in [0.25, 0.3) is 5.91 Å². The van der Waals surface area contributed by atoms with Gasteiger partial charge in [-0.15, -0.1) is 5.10 Å². The zero-order valence-electron chi connectivity index (χ0n) is 16.1. The van der Waals surface area contributed by atoms with Crippen molar-refractivity contribution >= 4 is 5.91 Å². The van der Waals surface area contributed by atoms with E-state index in [0.29, 0.717) is 16.9 Å². The van der Waals surface area contributed by atoms with Gasteiger partial charge in [-0.2, -0.15) is 13.2 Å². The van der Waals surface area contributed by atoms with Crippen molar-refractivity contribution in [3.63, 3.8) is 0 Å². The van der Waals surface area contributed by atoms with Gasteiger partial charge in [-0.05, 0) is 49.2 Å². The van der Waals surface area contributed by atoms with Gasteiger partial charge in [0.2, 0.25) is 0 Å². The molecule has 1 aromatic heterocycles.